The summed E-state index contributed by atoms with van der Waals surface area (Å²) in [4.78, 5) is 5.23. The van der Waals surface area contributed by atoms with Crippen molar-refractivity contribution in [3.05, 3.63) is 45.9 Å². The fourth-order valence-corrected chi connectivity index (χ4v) is 3.45. The van der Waals surface area contributed by atoms with Gasteiger partial charge in [-0.2, -0.15) is 0 Å². The Labute approximate surface area is 116 Å². The summed E-state index contributed by atoms with van der Waals surface area (Å²) in [6.07, 6.45) is 0. The molecule has 0 radical (unpaired) electrons. The molecule has 1 aromatic heterocycles. The zero-order valence-corrected chi connectivity index (χ0v) is 12.1. The van der Waals surface area contributed by atoms with Gasteiger partial charge in [0.2, 0.25) is 10.0 Å². The molecule has 7 heteroatoms. The van der Waals surface area contributed by atoms with Crippen molar-refractivity contribution >= 4 is 21.4 Å². The molecule has 3 N–H and O–H groups in total. The van der Waals surface area contributed by atoms with Crippen LogP contribution in [0.4, 0.5) is 0 Å². The van der Waals surface area contributed by atoms with Crippen LogP contribution in [-0.2, 0) is 23.1 Å². The second-order valence-corrected chi connectivity index (χ2v) is 6.74. The Morgan fingerprint density at radius 3 is 2.84 bits per heavy atom. The molecular formula is C12H15N3O2S2. The van der Waals surface area contributed by atoms with Crippen molar-refractivity contribution in [2.45, 2.75) is 24.9 Å². The lowest BCUT2D eigenvalue weighted by molar-refractivity contribution is 0.581. The number of nitrogens with zero attached hydrogens (tertiary/aromatic N) is 1. The number of aromatic nitrogens is 1. The van der Waals surface area contributed by atoms with Gasteiger partial charge in [-0.1, -0.05) is 12.1 Å². The summed E-state index contributed by atoms with van der Waals surface area (Å²) < 4.78 is 26.8. The van der Waals surface area contributed by atoms with E-state index in [2.05, 4.69) is 9.71 Å². The molecule has 0 saturated heterocycles. The molecule has 102 valence electrons. The Balaban J connectivity index is 2.16. The molecule has 0 saturated carbocycles. The Morgan fingerprint density at radius 1 is 1.42 bits per heavy atom. The van der Waals surface area contributed by atoms with E-state index in [0.29, 0.717) is 6.54 Å². The minimum atomic E-state index is -3.51. The van der Waals surface area contributed by atoms with Crippen LogP contribution in [0, 0.1) is 6.92 Å². The molecule has 0 unspecified atom stereocenters. The van der Waals surface area contributed by atoms with Gasteiger partial charge < -0.3 is 5.73 Å². The minimum absolute atomic E-state index is 0.234. The molecule has 1 heterocycles. The highest BCUT2D eigenvalue weighted by Gasteiger charge is 2.15. The number of thiazole rings is 1. The van der Waals surface area contributed by atoms with Crippen LogP contribution in [0.2, 0.25) is 0 Å². The number of benzene rings is 1. The first kappa shape index (κ1) is 14.1. The van der Waals surface area contributed by atoms with E-state index in [9.17, 15) is 8.42 Å². The van der Waals surface area contributed by atoms with Crippen LogP contribution >= 0.6 is 11.3 Å². The first-order chi connectivity index (χ1) is 9.03. The summed E-state index contributed by atoms with van der Waals surface area (Å²) >= 11 is 1.44. The lowest BCUT2D eigenvalue weighted by atomic mass is 10.2. The van der Waals surface area contributed by atoms with E-state index in [1.165, 1.54) is 11.3 Å². The van der Waals surface area contributed by atoms with Crippen molar-refractivity contribution in [1.29, 1.82) is 0 Å². The maximum absolute atomic E-state index is 12.1. The van der Waals surface area contributed by atoms with Gasteiger partial charge in [-0.3, -0.25) is 0 Å². The molecule has 0 spiro atoms. The average molecular weight is 297 g/mol. The monoisotopic (exact) mass is 297 g/mol. The lowest BCUT2D eigenvalue weighted by Crippen LogP contribution is -2.23. The minimum Gasteiger partial charge on any atom is -0.326 e. The number of sulfonamides is 1. The smallest absolute Gasteiger partial charge is 0.240 e. The predicted molar refractivity (Wildman–Crippen MR) is 75.2 cm³/mol. The lowest BCUT2D eigenvalue weighted by Gasteiger charge is -2.07. The van der Waals surface area contributed by atoms with Crippen molar-refractivity contribution in [2.75, 3.05) is 0 Å². The van der Waals surface area contributed by atoms with E-state index >= 15 is 0 Å². The Hall–Kier alpha value is -1.28. The first-order valence-corrected chi connectivity index (χ1v) is 8.07. The number of nitrogens with one attached hydrogen (secondary N) is 1. The van der Waals surface area contributed by atoms with Crippen LogP contribution in [0.1, 0.15) is 16.1 Å². The fourth-order valence-electron chi connectivity index (χ4n) is 1.58. The van der Waals surface area contributed by atoms with E-state index < -0.39 is 10.0 Å². The first-order valence-electron chi connectivity index (χ1n) is 5.70. The maximum Gasteiger partial charge on any atom is 0.240 e. The van der Waals surface area contributed by atoms with Crippen LogP contribution in [0.15, 0.2) is 34.7 Å². The standard InChI is InChI=1S/C12H15N3O2S2/c1-9-12(18-8-14-9)7-15-19(16,17)11-4-2-3-10(5-11)6-13/h2-5,8,15H,6-7,13H2,1H3. The normalized spacial score (nSPS) is 11.7. The summed E-state index contributed by atoms with van der Waals surface area (Å²) in [6, 6.07) is 6.63. The fraction of sp³-hybridized carbons (Fsp3) is 0.250. The molecule has 0 aliphatic carbocycles. The Kier molecular flexibility index (Phi) is 4.31. The van der Waals surface area contributed by atoms with Gasteiger partial charge in [0.25, 0.3) is 0 Å². The number of nitrogens with two attached hydrogens (primary N) is 1. The number of rotatable bonds is 5. The third kappa shape index (κ3) is 3.38. The van der Waals surface area contributed by atoms with Crippen LogP contribution in [-0.4, -0.2) is 13.4 Å². The summed E-state index contributed by atoms with van der Waals surface area (Å²) in [7, 11) is -3.51. The highest BCUT2D eigenvalue weighted by molar-refractivity contribution is 7.89. The largest absolute Gasteiger partial charge is 0.326 e. The number of hydrogen-bond acceptors (Lipinski definition) is 5. The van der Waals surface area contributed by atoms with Crippen molar-refractivity contribution in [3.63, 3.8) is 0 Å². The second kappa shape index (κ2) is 5.79. The van der Waals surface area contributed by atoms with Gasteiger partial charge >= 0.3 is 0 Å². The molecule has 0 fully saturated rings. The third-order valence-electron chi connectivity index (χ3n) is 2.71. The molecule has 1 aromatic carbocycles. The van der Waals surface area contributed by atoms with Crippen LogP contribution in [0.25, 0.3) is 0 Å². The average Bonchev–Trinajstić information content (AvgIpc) is 2.82. The molecule has 2 rings (SSSR count). The SMILES string of the molecule is Cc1ncsc1CNS(=O)(=O)c1cccc(CN)c1. The molecule has 5 nitrogen and oxygen atoms in total. The van der Waals surface area contributed by atoms with E-state index in [-0.39, 0.29) is 11.4 Å². The van der Waals surface area contributed by atoms with E-state index in [1.54, 1.807) is 29.8 Å². The van der Waals surface area contributed by atoms with Crippen LogP contribution in [0.3, 0.4) is 0 Å². The second-order valence-electron chi connectivity index (χ2n) is 4.04. The quantitative estimate of drug-likeness (QED) is 0.873. The molecule has 19 heavy (non-hydrogen) atoms. The molecule has 0 aliphatic heterocycles. The Morgan fingerprint density at radius 2 is 2.21 bits per heavy atom. The Bertz CT molecular complexity index is 665. The molecule has 0 atom stereocenters. The van der Waals surface area contributed by atoms with Gasteiger partial charge in [-0.15, -0.1) is 11.3 Å². The summed E-state index contributed by atoms with van der Waals surface area (Å²) in [5, 5.41) is 0. The van der Waals surface area contributed by atoms with Gasteiger partial charge in [0, 0.05) is 18.0 Å². The van der Waals surface area contributed by atoms with Gasteiger partial charge in [0.15, 0.2) is 0 Å². The van der Waals surface area contributed by atoms with Gasteiger partial charge in [0.1, 0.15) is 0 Å². The van der Waals surface area contributed by atoms with E-state index in [0.717, 1.165) is 16.1 Å². The van der Waals surface area contributed by atoms with E-state index in [4.69, 9.17) is 5.73 Å². The zero-order chi connectivity index (χ0) is 13.9. The van der Waals surface area contributed by atoms with Crippen molar-refractivity contribution in [1.82, 2.24) is 9.71 Å². The molecule has 2 aromatic rings. The van der Waals surface area contributed by atoms with Gasteiger partial charge in [0.05, 0.1) is 16.1 Å². The van der Waals surface area contributed by atoms with Crippen LogP contribution in [0.5, 0.6) is 0 Å². The molecular weight excluding hydrogens is 282 g/mol. The maximum atomic E-state index is 12.1. The van der Waals surface area contributed by atoms with Crippen molar-refractivity contribution < 1.29 is 8.42 Å². The van der Waals surface area contributed by atoms with Crippen molar-refractivity contribution in [2.24, 2.45) is 5.73 Å². The predicted octanol–water partition coefficient (Wildman–Crippen LogP) is 1.39. The molecule has 0 aliphatic rings. The summed E-state index contributed by atoms with van der Waals surface area (Å²) in [6.45, 7) is 2.43. The highest BCUT2D eigenvalue weighted by Crippen LogP contribution is 2.15. The molecule has 0 amide bonds. The number of aryl methyl sites for hydroxylation is 1. The topological polar surface area (TPSA) is 85.1 Å². The highest BCUT2D eigenvalue weighted by atomic mass is 32.2. The summed E-state index contributed by atoms with van der Waals surface area (Å²) in [5.41, 5.74) is 8.85. The van der Waals surface area contributed by atoms with Gasteiger partial charge in [-0.25, -0.2) is 18.1 Å². The van der Waals surface area contributed by atoms with Gasteiger partial charge in [-0.05, 0) is 24.6 Å². The summed E-state index contributed by atoms with van der Waals surface area (Å²) in [5.74, 6) is 0. The zero-order valence-electron chi connectivity index (χ0n) is 10.5. The number of hydrogen-bond donors (Lipinski definition) is 2. The van der Waals surface area contributed by atoms with E-state index in [1.807, 2.05) is 6.92 Å². The third-order valence-corrected chi connectivity index (χ3v) is 5.05. The van der Waals surface area contributed by atoms with Crippen LogP contribution < -0.4 is 10.5 Å². The van der Waals surface area contributed by atoms with Crippen molar-refractivity contribution in [3.8, 4) is 0 Å². The molecule has 0 bridgehead atoms.